The minimum absolute atomic E-state index is 0.340. The molecule has 2 aromatic rings. The molecule has 1 aromatic carbocycles. The summed E-state index contributed by atoms with van der Waals surface area (Å²) in [4.78, 5) is 15.6. The number of carbonyl (C=O) groups is 1. The van der Waals surface area contributed by atoms with Gasteiger partial charge in [0, 0.05) is 12.8 Å². The third kappa shape index (κ3) is 6.04. The Kier molecular flexibility index (Phi) is 7.01. The maximum absolute atomic E-state index is 11.6. The molecule has 1 aromatic heterocycles. The molecule has 4 heteroatoms. The fourth-order valence-electron chi connectivity index (χ4n) is 1.97. The van der Waals surface area contributed by atoms with Crippen molar-refractivity contribution in [1.29, 1.82) is 0 Å². The Morgan fingerprint density at radius 1 is 1.09 bits per heavy atom. The zero-order chi connectivity index (χ0) is 16.3. The van der Waals surface area contributed by atoms with Crippen LogP contribution in [0.4, 0.5) is 0 Å². The van der Waals surface area contributed by atoms with Gasteiger partial charge in [0.15, 0.2) is 0 Å². The first-order chi connectivity index (χ1) is 11.3. The van der Waals surface area contributed by atoms with Crippen molar-refractivity contribution in [3.63, 3.8) is 0 Å². The Hall–Kier alpha value is -2.46. The molecule has 0 fully saturated rings. The number of benzene rings is 1. The van der Waals surface area contributed by atoms with Crippen LogP contribution >= 0.6 is 0 Å². The minimum atomic E-state index is -0.381. The zero-order valence-corrected chi connectivity index (χ0v) is 13.1. The first-order valence-corrected chi connectivity index (χ1v) is 7.67. The molecular weight excluding hydrogens is 290 g/mol. The van der Waals surface area contributed by atoms with E-state index in [4.69, 9.17) is 9.47 Å². The number of unbranched alkanes of at least 4 members (excludes halogenated alkanes) is 1. The molecule has 0 atom stereocenters. The summed E-state index contributed by atoms with van der Waals surface area (Å²) in [6.45, 7) is 5.34. The normalized spacial score (nSPS) is 10.3. The van der Waals surface area contributed by atoms with Gasteiger partial charge in [0.2, 0.25) is 0 Å². The highest BCUT2D eigenvalue weighted by Crippen LogP contribution is 2.07. The third-order valence-electron chi connectivity index (χ3n) is 3.27. The van der Waals surface area contributed by atoms with Crippen molar-refractivity contribution in [3.05, 3.63) is 72.1 Å². The summed E-state index contributed by atoms with van der Waals surface area (Å²) in [7, 11) is 0. The van der Waals surface area contributed by atoms with Crippen LogP contribution < -0.4 is 0 Å². The van der Waals surface area contributed by atoms with Gasteiger partial charge in [-0.1, -0.05) is 43.0 Å². The molecule has 0 aliphatic rings. The molecule has 0 bridgehead atoms. The lowest BCUT2D eigenvalue weighted by molar-refractivity contribution is 0.0472. The van der Waals surface area contributed by atoms with Gasteiger partial charge in [-0.15, -0.1) is 0 Å². The van der Waals surface area contributed by atoms with Crippen LogP contribution in [0.2, 0.25) is 0 Å². The molecule has 0 N–H and O–H groups in total. The van der Waals surface area contributed by atoms with Crippen molar-refractivity contribution < 1.29 is 14.3 Å². The lowest BCUT2D eigenvalue weighted by atomic mass is 10.1. The van der Waals surface area contributed by atoms with E-state index < -0.39 is 0 Å². The number of ether oxygens (including phenoxy) is 2. The van der Waals surface area contributed by atoms with E-state index in [2.05, 4.69) is 11.6 Å². The van der Waals surface area contributed by atoms with Gasteiger partial charge in [0.1, 0.15) is 5.69 Å². The summed E-state index contributed by atoms with van der Waals surface area (Å²) in [5.74, 6) is -0.381. The number of nitrogens with zero attached hydrogens (tertiary/aromatic N) is 1. The van der Waals surface area contributed by atoms with Crippen LogP contribution in [0, 0.1) is 0 Å². The predicted octanol–water partition coefficient (Wildman–Crippen LogP) is 3.88. The van der Waals surface area contributed by atoms with Crippen molar-refractivity contribution >= 4 is 12.0 Å². The Balaban J connectivity index is 1.54. The highest BCUT2D eigenvalue weighted by molar-refractivity contribution is 5.87. The van der Waals surface area contributed by atoms with Crippen LogP contribution in [0.5, 0.6) is 0 Å². The Morgan fingerprint density at radius 2 is 1.87 bits per heavy atom. The molecule has 0 aliphatic carbocycles. The van der Waals surface area contributed by atoms with Crippen LogP contribution in [-0.2, 0) is 16.1 Å². The summed E-state index contributed by atoms with van der Waals surface area (Å²) in [5, 5.41) is 0. The molecule has 0 aliphatic heterocycles. The Labute approximate surface area is 136 Å². The maximum atomic E-state index is 11.6. The summed E-state index contributed by atoms with van der Waals surface area (Å²) in [6.07, 6.45) is 5.01. The lowest BCUT2D eigenvalue weighted by Gasteiger charge is -2.06. The monoisotopic (exact) mass is 311 g/mol. The average Bonchev–Trinajstić information content (AvgIpc) is 2.62. The number of carbonyl (C=O) groups excluding carboxylic acids is 1. The fraction of sp³-hybridized carbons (Fsp3) is 0.263. The van der Waals surface area contributed by atoms with Gasteiger partial charge in [-0.2, -0.15) is 0 Å². The largest absolute Gasteiger partial charge is 0.461 e. The summed E-state index contributed by atoms with van der Waals surface area (Å²) in [5.41, 5.74) is 2.58. The molecule has 2 rings (SSSR count). The van der Waals surface area contributed by atoms with Crippen molar-refractivity contribution in [2.45, 2.75) is 19.4 Å². The average molecular weight is 311 g/mol. The lowest BCUT2D eigenvalue weighted by Crippen LogP contribution is -2.08. The second-order valence-electron chi connectivity index (χ2n) is 5.06. The van der Waals surface area contributed by atoms with Gasteiger partial charge in [-0.05, 0) is 36.1 Å². The maximum Gasteiger partial charge on any atom is 0.356 e. The molecule has 0 unspecified atom stereocenters. The van der Waals surface area contributed by atoms with Gasteiger partial charge in [-0.3, -0.25) is 0 Å². The van der Waals surface area contributed by atoms with Crippen molar-refractivity contribution in [2.75, 3.05) is 13.2 Å². The van der Waals surface area contributed by atoms with Crippen LogP contribution in [0.25, 0.3) is 6.08 Å². The number of aromatic nitrogens is 1. The van der Waals surface area contributed by atoms with Crippen molar-refractivity contribution in [2.24, 2.45) is 0 Å². The highest BCUT2D eigenvalue weighted by Gasteiger charge is 2.06. The topological polar surface area (TPSA) is 48.4 Å². The molecule has 0 saturated carbocycles. The van der Waals surface area contributed by atoms with E-state index in [0.717, 1.165) is 24.0 Å². The highest BCUT2D eigenvalue weighted by atomic mass is 16.5. The standard InChI is InChI=1S/C19H21NO3/c1-2-16-8-10-17(11-9-16)15-22-13-5-6-14-23-19(21)18-7-3-4-12-20-18/h2-4,7-12H,1,5-6,13-15H2. The van der Waals surface area contributed by atoms with Crippen LogP contribution in [-0.4, -0.2) is 24.2 Å². The smallest absolute Gasteiger partial charge is 0.356 e. The molecule has 0 amide bonds. The summed E-state index contributed by atoms with van der Waals surface area (Å²) in [6, 6.07) is 13.3. The van der Waals surface area contributed by atoms with Gasteiger partial charge in [0.05, 0.1) is 13.2 Å². The van der Waals surface area contributed by atoms with Crippen molar-refractivity contribution in [3.8, 4) is 0 Å². The summed E-state index contributed by atoms with van der Waals surface area (Å²) < 4.78 is 10.8. The van der Waals surface area contributed by atoms with Crippen LogP contribution in [0.3, 0.4) is 0 Å². The Morgan fingerprint density at radius 3 is 2.57 bits per heavy atom. The first-order valence-electron chi connectivity index (χ1n) is 7.67. The van der Waals surface area contributed by atoms with Gasteiger partial charge >= 0.3 is 5.97 Å². The van der Waals surface area contributed by atoms with Gasteiger partial charge < -0.3 is 9.47 Å². The predicted molar refractivity (Wildman–Crippen MR) is 89.9 cm³/mol. The second-order valence-corrected chi connectivity index (χ2v) is 5.06. The minimum Gasteiger partial charge on any atom is -0.461 e. The van der Waals surface area contributed by atoms with Crippen LogP contribution in [0.1, 0.15) is 34.5 Å². The Bertz CT molecular complexity index is 608. The number of pyridine rings is 1. The van der Waals surface area contributed by atoms with E-state index in [1.54, 1.807) is 24.4 Å². The van der Waals surface area contributed by atoms with E-state index in [0.29, 0.717) is 25.5 Å². The SMILES string of the molecule is C=Cc1ccc(COCCCCOC(=O)c2ccccn2)cc1. The molecular formula is C19H21NO3. The van der Waals surface area contributed by atoms with Crippen LogP contribution in [0.15, 0.2) is 55.2 Å². The van der Waals surface area contributed by atoms with E-state index in [-0.39, 0.29) is 5.97 Å². The van der Waals surface area contributed by atoms with E-state index >= 15 is 0 Å². The van der Waals surface area contributed by atoms with Crippen molar-refractivity contribution in [1.82, 2.24) is 4.98 Å². The molecule has 23 heavy (non-hydrogen) atoms. The molecule has 0 radical (unpaired) electrons. The zero-order valence-electron chi connectivity index (χ0n) is 13.1. The number of rotatable bonds is 9. The van der Waals surface area contributed by atoms with E-state index in [1.807, 2.05) is 30.3 Å². The number of hydrogen-bond acceptors (Lipinski definition) is 4. The number of esters is 1. The van der Waals surface area contributed by atoms with Gasteiger partial charge in [-0.25, -0.2) is 9.78 Å². The first kappa shape index (κ1) is 16.9. The molecule has 1 heterocycles. The molecule has 120 valence electrons. The molecule has 4 nitrogen and oxygen atoms in total. The molecule has 0 saturated heterocycles. The van der Waals surface area contributed by atoms with E-state index in [1.165, 1.54) is 0 Å². The second kappa shape index (κ2) is 9.54. The summed E-state index contributed by atoms with van der Waals surface area (Å²) >= 11 is 0. The third-order valence-corrected chi connectivity index (χ3v) is 3.27. The number of hydrogen-bond donors (Lipinski definition) is 0. The quantitative estimate of drug-likeness (QED) is 0.521. The fourth-order valence-corrected chi connectivity index (χ4v) is 1.97. The van der Waals surface area contributed by atoms with Gasteiger partial charge in [0.25, 0.3) is 0 Å². The van der Waals surface area contributed by atoms with E-state index in [9.17, 15) is 4.79 Å². The molecule has 0 spiro atoms.